The highest BCUT2D eigenvalue weighted by molar-refractivity contribution is 6.36. The fourth-order valence-electron chi connectivity index (χ4n) is 1.97. The summed E-state index contributed by atoms with van der Waals surface area (Å²) >= 11 is 6.13. The maximum atomic E-state index is 12.3. The number of amides is 1. The van der Waals surface area contributed by atoms with Crippen LogP contribution in [0.5, 0.6) is 0 Å². The monoisotopic (exact) mass is 287 g/mol. The molecular formula is C13H10ClN5O. The molecule has 1 N–H and O–H groups in total. The van der Waals surface area contributed by atoms with Crippen molar-refractivity contribution in [3.63, 3.8) is 0 Å². The number of nitrogens with one attached hydrogen (secondary N) is 1. The standard InChI is InChI=1S/C13H10ClN5O/c1-19-13(16-17-18-19)15-12(20)10-6-2-5-9-8(10)4-3-7-11(9)14/h2-7H,1H3,(H,15,16,18,20). The van der Waals surface area contributed by atoms with Gasteiger partial charge >= 0.3 is 0 Å². The Morgan fingerprint density at radius 2 is 1.95 bits per heavy atom. The molecule has 3 rings (SSSR count). The number of benzene rings is 2. The summed E-state index contributed by atoms with van der Waals surface area (Å²) in [5.41, 5.74) is 0.521. The van der Waals surface area contributed by atoms with Crippen LogP contribution in [0.15, 0.2) is 36.4 Å². The molecule has 0 aliphatic heterocycles. The maximum absolute atomic E-state index is 12.3. The van der Waals surface area contributed by atoms with Crippen LogP contribution in [0.3, 0.4) is 0 Å². The zero-order valence-corrected chi connectivity index (χ0v) is 11.3. The average molecular weight is 288 g/mol. The first-order valence-corrected chi connectivity index (χ1v) is 6.25. The van der Waals surface area contributed by atoms with Gasteiger partial charge in [0, 0.05) is 23.0 Å². The molecule has 0 bridgehead atoms. The third-order valence-corrected chi connectivity index (χ3v) is 3.29. The predicted octanol–water partition coefficient (Wildman–Crippen LogP) is 2.27. The maximum Gasteiger partial charge on any atom is 0.258 e. The van der Waals surface area contributed by atoms with Gasteiger partial charge in [0.1, 0.15) is 0 Å². The molecule has 0 fully saturated rings. The summed E-state index contributed by atoms with van der Waals surface area (Å²) in [5.74, 6) is 0.00444. The van der Waals surface area contributed by atoms with Gasteiger partial charge in [-0.2, -0.15) is 0 Å². The Labute approximate surface area is 119 Å². The lowest BCUT2D eigenvalue weighted by atomic mass is 10.0. The molecule has 1 aromatic heterocycles. The molecule has 0 unspecified atom stereocenters. The minimum Gasteiger partial charge on any atom is -0.289 e. The van der Waals surface area contributed by atoms with E-state index in [4.69, 9.17) is 11.6 Å². The van der Waals surface area contributed by atoms with Crippen LogP contribution in [-0.2, 0) is 7.05 Å². The Balaban J connectivity index is 2.04. The summed E-state index contributed by atoms with van der Waals surface area (Å²) in [7, 11) is 1.65. The molecule has 20 heavy (non-hydrogen) atoms. The van der Waals surface area contributed by atoms with Crippen LogP contribution in [0.25, 0.3) is 10.8 Å². The zero-order valence-electron chi connectivity index (χ0n) is 10.5. The third kappa shape index (κ3) is 2.10. The molecule has 0 aliphatic carbocycles. The van der Waals surface area contributed by atoms with Gasteiger partial charge < -0.3 is 0 Å². The number of tetrazole rings is 1. The van der Waals surface area contributed by atoms with Crippen molar-refractivity contribution < 1.29 is 4.79 Å². The number of fused-ring (bicyclic) bond motifs is 1. The largest absolute Gasteiger partial charge is 0.289 e. The molecule has 0 spiro atoms. The SMILES string of the molecule is Cn1nnnc1NC(=O)c1cccc2c(Cl)cccc12. The lowest BCUT2D eigenvalue weighted by molar-refractivity contribution is 0.102. The highest BCUT2D eigenvalue weighted by Crippen LogP contribution is 2.26. The molecule has 6 nitrogen and oxygen atoms in total. The summed E-state index contributed by atoms with van der Waals surface area (Å²) in [6, 6.07) is 10.8. The van der Waals surface area contributed by atoms with Gasteiger partial charge in [0.15, 0.2) is 0 Å². The highest BCUT2D eigenvalue weighted by Gasteiger charge is 2.13. The first-order valence-electron chi connectivity index (χ1n) is 5.88. The molecular weight excluding hydrogens is 278 g/mol. The predicted molar refractivity (Wildman–Crippen MR) is 75.7 cm³/mol. The highest BCUT2D eigenvalue weighted by atomic mass is 35.5. The number of hydrogen-bond donors (Lipinski definition) is 1. The van der Waals surface area contributed by atoms with E-state index in [9.17, 15) is 4.79 Å². The minimum atomic E-state index is -0.282. The van der Waals surface area contributed by atoms with Crippen molar-refractivity contribution in [1.82, 2.24) is 20.2 Å². The van der Waals surface area contributed by atoms with E-state index in [1.165, 1.54) is 4.68 Å². The first kappa shape index (κ1) is 12.6. The van der Waals surface area contributed by atoms with Crippen LogP contribution in [-0.4, -0.2) is 26.1 Å². The third-order valence-electron chi connectivity index (χ3n) is 2.96. The Bertz CT molecular complexity index is 798. The van der Waals surface area contributed by atoms with Crippen LogP contribution >= 0.6 is 11.6 Å². The van der Waals surface area contributed by atoms with Crippen molar-refractivity contribution in [1.29, 1.82) is 0 Å². The Morgan fingerprint density at radius 1 is 1.20 bits per heavy atom. The molecule has 0 radical (unpaired) electrons. The quantitative estimate of drug-likeness (QED) is 0.785. The van der Waals surface area contributed by atoms with Crippen molar-refractivity contribution in [3.05, 3.63) is 47.0 Å². The van der Waals surface area contributed by atoms with E-state index in [2.05, 4.69) is 20.8 Å². The fourth-order valence-corrected chi connectivity index (χ4v) is 2.21. The number of aryl methyl sites for hydroxylation is 1. The number of carbonyl (C=O) groups excluding carboxylic acids is 1. The van der Waals surface area contributed by atoms with Gasteiger partial charge in [-0.05, 0) is 27.9 Å². The summed E-state index contributed by atoms with van der Waals surface area (Å²) < 4.78 is 1.38. The number of rotatable bonds is 2. The number of aromatic nitrogens is 4. The van der Waals surface area contributed by atoms with Crippen molar-refractivity contribution in [2.75, 3.05) is 5.32 Å². The fraction of sp³-hybridized carbons (Fsp3) is 0.0769. The van der Waals surface area contributed by atoms with Crippen LogP contribution in [0, 0.1) is 0 Å². The van der Waals surface area contributed by atoms with Gasteiger partial charge in [0.05, 0.1) is 0 Å². The van der Waals surface area contributed by atoms with Gasteiger partial charge in [0.25, 0.3) is 5.91 Å². The second-order valence-electron chi connectivity index (χ2n) is 4.22. The van der Waals surface area contributed by atoms with E-state index in [-0.39, 0.29) is 11.9 Å². The molecule has 0 saturated heterocycles. The number of hydrogen-bond acceptors (Lipinski definition) is 4. The van der Waals surface area contributed by atoms with Crippen molar-refractivity contribution >= 4 is 34.2 Å². The molecule has 2 aromatic carbocycles. The summed E-state index contributed by atoms with van der Waals surface area (Å²) in [5, 5.41) is 15.7. The Hall–Kier alpha value is -2.47. The Morgan fingerprint density at radius 3 is 2.70 bits per heavy atom. The number of nitrogens with zero attached hydrogens (tertiary/aromatic N) is 4. The van der Waals surface area contributed by atoms with E-state index in [1.54, 1.807) is 25.2 Å². The summed E-state index contributed by atoms with van der Waals surface area (Å²) in [4.78, 5) is 12.3. The van der Waals surface area contributed by atoms with E-state index in [0.717, 1.165) is 10.8 Å². The minimum absolute atomic E-state index is 0.282. The number of halogens is 1. The number of anilines is 1. The van der Waals surface area contributed by atoms with E-state index in [1.807, 2.05) is 18.2 Å². The van der Waals surface area contributed by atoms with Gasteiger partial charge in [-0.1, -0.05) is 41.0 Å². The van der Waals surface area contributed by atoms with E-state index in [0.29, 0.717) is 10.6 Å². The second-order valence-corrected chi connectivity index (χ2v) is 4.63. The van der Waals surface area contributed by atoms with Crippen LogP contribution < -0.4 is 5.32 Å². The smallest absolute Gasteiger partial charge is 0.258 e. The molecule has 0 atom stereocenters. The molecule has 7 heteroatoms. The number of carbonyl (C=O) groups is 1. The van der Waals surface area contributed by atoms with Crippen LogP contribution in [0.1, 0.15) is 10.4 Å². The second kappa shape index (κ2) is 4.90. The van der Waals surface area contributed by atoms with Gasteiger partial charge in [-0.15, -0.1) is 0 Å². The van der Waals surface area contributed by atoms with Crippen molar-refractivity contribution in [2.45, 2.75) is 0 Å². The topological polar surface area (TPSA) is 72.7 Å². The van der Waals surface area contributed by atoms with Gasteiger partial charge in [0.2, 0.25) is 5.95 Å². The summed E-state index contributed by atoms with van der Waals surface area (Å²) in [6.45, 7) is 0. The first-order chi connectivity index (χ1) is 9.66. The normalized spacial score (nSPS) is 10.7. The van der Waals surface area contributed by atoms with Crippen molar-refractivity contribution in [3.8, 4) is 0 Å². The lowest BCUT2D eigenvalue weighted by Gasteiger charge is -2.07. The molecule has 0 saturated carbocycles. The Kier molecular flexibility index (Phi) is 3.08. The van der Waals surface area contributed by atoms with Gasteiger partial charge in [-0.25, -0.2) is 4.68 Å². The van der Waals surface area contributed by atoms with Crippen molar-refractivity contribution in [2.24, 2.45) is 7.05 Å². The van der Waals surface area contributed by atoms with Crippen LogP contribution in [0.4, 0.5) is 5.95 Å². The molecule has 1 heterocycles. The lowest BCUT2D eigenvalue weighted by Crippen LogP contribution is -2.15. The molecule has 0 aliphatic rings. The van der Waals surface area contributed by atoms with E-state index < -0.39 is 0 Å². The van der Waals surface area contributed by atoms with Gasteiger partial charge in [-0.3, -0.25) is 10.1 Å². The summed E-state index contributed by atoms with van der Waals surface area (Å²) in [6.07, 6.45) is 0. The molecule has 100 valence electrons. The van der Waals surface area contributed by atoms with Crippen LogP contribution in [0.2, 0.25) is 5.02 Å². The average Bonchev–Trinajstić information content (AvgIpc) is 2.84. The zero-order chi connectivity index (χ0) is 14.1. The molecule has 1 amide bonds. The van der Waals surface area contributed by atoms with E-state index >= 15 is 0 Å². The molecule has 3 aromatic rings.